The van der Waals surface area contributed by atoms with E-state index in [0.717, 1.165) is 25.0 Å². The molecule has 3 heteroatoms. The monoisotopic (exact) mass is 271 g/mol. The van der Waals surface area contributed by atoms with Crippen molar-refractivity contribution in [2.75, 3.05) is 0 Å². The molecule has 0 spiro atoms. The molecule has 1 N–H and O–H groups in total. The Morgan fingerprint density at radius 3 is 2.75 bits per heavy atom. The van der Waals surface area contributed by atoms with Gasteiger partial charge in [0.1, 0.15) is 17.6 Å². The fourth-order valence-electron chi connectivity index (χ4n) is 4.59. The van der Waals surface area contributed by atoms with Crippen molar-refractivity contribution in [3.8, 4) is 6.07 Å². The van der Waals surface area contributed by atoms with Gasteiger partial charge in [-0.3, -0.25) is 0 Å². The molecular formula is C17H21NO2. The quantitative estimate of drug-likeness (QED) is 0.910. The Balaban J connectivity index is 1.61. The maximum Gasteiger partial charge on any atom is 0.134 e. The van der Waals surface area contributed by atoms with E-state index in [1.54, 1.807) is 0 Å². The zero-order chi connectivity index (χ0) is 13.9. The van der Waals surface area contributed by atoms with Crippen molar-refractivity contribution in [2.45, 2.75) is 51.0 Å². The zero-order valence-electron chi connectivity index (χ0n) is 11.9. The summed E-state index contributed by atoms with van der Waals surface area (Å²) in [7, 11) is 0. The molecule has 6 unspecified atom stereocenters. The summed E-state index contributed by atoms with van der Waals surface area (Å²) in [4.78, 5) is 0. The summed E-state index contributed by atoms with van der Waals surface area (Å²) in [5.74, 6) is 3.79. The minimum atomic E-state index is -0.759. The first-order chi connectivity index (χ1) is 9.64. The minimum absolute atomic E-state index is 0.348. The highest BCUT2D eigenvalue weighted by Gasteiger charge is 2.56. The Morgan fingerprint density at radius 1 is 1.40 bits per heavy atom. The third kappa shape index (κ3) is 1.61. The van der Waals surface area contributed by atoms with E-state index in [-0.39, 0.29) is 0 Å². The average Bonchev–Trinajstić information content (AvgIpc) is 2.95. The van der Waals surface area contributed by atoms with Crippen LogP contribution in [0.1, 0.15) is 62.6 Å². The van der Waals surface area contributed by atoms with E-state index in [4.69, 9.17) is 4.42 Å². The molecule has 2 bridgehead atoms. The normalized spacial score (nSPS) is 43.5. The van der Waals surface area contributed by atoms with E-state index in [9.17, 15) is 10.4 Å². The Labute approximate surface area is 119 Å². The van der Waals surface area contributed by atoms with Gasteiger partial charge in [0.05, 0.1) is 11.5 Å². The fourth-order valence-corrected chi connectivity index (χ4v) is 4.59. The second-order valence-electron chi connectivity index (χ2n) is 7.19. The van der Waals surface area contributed by atoms with E-state index in [0.29, 0.717) is 29.4 Å². The number of rotatable bonds is 3. The van der Waals surface area contributed by atoms with Crippen LogP contribution in [0.2, 0.25) is 0 Å². The van der Waals surface area contributed by atoms with Crippen molar-refractivity contribution in [1.82, 2.24) is 0 Å². The molecule has 106 valence electrons. The Kier molecular flexibility index (Phi) is 2.57. The van der Waals surface area contributed by atoms with E-state index >= 15 is 0 Å². The summed E-state index contributed by atoms with van der Waals surface area (Å²) >= 11 is 0. The molecule has 0 amide bonds. The number of furan rings is 1. The van der Waals surface area contributed by atoms with E-state index in [1.807, 2.05) is 12.1 Å². The van der Waals surface area contributed by atoms with Crippen molar-refractivity contribution in [1.29, 1.82) is 5.26 Å². The predicted octanol–water partition coefficient (Wildman–Crippen LogP) is 3.77. The number of hydrogen-bond acceptors (Lipinski definition) is 3. The van der Waals surface area contributed by atoms with Crippen LogP contribution in [0.25, 0.3) is 0 Å². The summed E-state index contributed by atoms with van der Waals surface area (Å²) in [6.45, 7) is 2.22. The summed E-state index contributed by atoms with van der Waals surface area (Å²) in [5.41, 5.74) is -0.604. The molecule has 1 aromatic heterocycles. The molecule has 3 fully saturated rings. The zero-order valence-corrected chi connectivity index (χ0v) is 11.9. The third-order valence-corrected chi connectivity index (χ3v) is 5.98. The Morgan fingerprint density at radius 2 is 2.20 bits per heavy atom. The van der Waals surface area contributed by atoms with Crippen LogP contribution >= 0.6 is 0 Å². The summed E-state index contributed by atoms with van der Waals surface area (Å²) in [5, 5.41) is 20.4. The van der Waals surface area contributed by atoms with E-state index < -0.39 is 11.5 Å². The van der Waals surface area contributed by atoms with Crippen LogP contribution in [-0.4, -0.2) is 5.11 Å². The highest BCUT2D eigenvalue weighted by Crippen LogP contribution is 2.61. The van der Waals surface area contributed by atoms with E-state index in [2.05, 4.69) is 13.0 Å². The minimum Gasteiger partial charge on any atom is -0.463 e. The summed E-state index contributed by atoms with van der Waals surface area (Å²) in [6, 6.07) is 6.34. The van der Waals surface area contributed by atoms with Crippen molar-refractivity contribution < 1.29 is 9.52 Å². The largest absolute Gasteiger partial charge is 0.463 e. The lowest BCUT2D eigenvalue weighted by Crippen LogP contribution is -2.33. The molecule has 0 aromatic carbocycles. The van der Waals surface area contributed by atoms with Gasteiger partial charge in [-0.05, 0) is 55.6 Å². The van der Waals surface area contributed by atoms with Crippen molar-refractivity contribution in [3.05, 3.63) is 23.7 Å². The topological polar surface area (TPSA) is 57.2 Å². The van der Waals surface area contributed by atoms with Crippen LogP contribution in [0.5, 0.6) is 0 Å². The number of fused-ring (bicyclic) bond motifs is 2. The molecule has 0 saturated heterocycles. The lowest BCUT2D eigenvalue weighted by molar-refractivity contribution is 0.00735. The lowest BCUT2D eigenvalue weighted by atomic mass is 9.69. The number of nitriles is 1. The van der Waals surface area contributed by atoms with Gasteiger partial charge in [-0.1, -0.05) is 13.3 Å². The van der Waals surface area contributed by atoms with Crippen molar-refractivity contribution in [3.63, 3.8) is 0 Å². The standard InChI is InChI=1S/C17H21NO2/c1-10-6-13(10)14-4-5-15(20-14)16(19)17(9-18)8-11-2-3-12(17)7-11/h4-5,10-13,16,19H,2-3,6-8H2,1H3. The number of nitrogens with zero attached hydrogens (tertiary/aromatic N) is 1. The molecule has 4 rings (SSSR count). The number of hydrogen-bond donors (Lipinski definition) is 1. The molecule has 3 nitrogen and oxygen atoms in total. The van der Waals surface area contributed by atoms with Crippen molar-refractivity contribution in [2.24, 2.45) is 23.2 Å². The van der Waals surface area contributed by atoms with Gasteiger partial charge in [0.2, 0.25) is 0 Å². The molecular weight excluding hydrogens is 250 g/mol. The van der Waals surface area contributed by atoms with Gasteiger partial charge in [-0.2, -0.15) is 5.26 Å². The molecule has 6 atom stereocenters. The van der Waals surface area contributed by atoms with Gasteiger partial charge >= 0.3 is 0 Å². The van der Waals surface area contributed by atoms with Crippen LogP contribution in [0.4, 0.5) is 0 Å². The molecule has 3 saturated carbocycles. The van der Waals surface area contributed by atoms with Gasteiger partial charge in [0.25, 0.3) is 0 Å². The number of aliphatic hydroxyl groups is 1. The summed E-state index contributed by atoms with van der Waals surface area (Å²) < 4.78 is 5.89. The van der Waals surface area contributed by atoms with Crippen molar-refractivity contribution >= 4 is 0 Å². The van der Waals surface area contributed by atoms with Gasteiger partial charge in [0.15, 0.2) is 0 Å². The first kappa shape index (κ1) is 12.5. The van der Waals surface area contributed by atoms with Crippen LogP contribution in [0, 0.1) is 34.5 Å². The van der Waals surface area contributed by atoms with Gasteiger partial charge in [-0.25, -0.2) is 0 Å². The van der Waals surface area contributed by atoms with Gasteiger partial charge < -0.3 is 9.52 Å². The molecule has 3 aliphatic rings. The van der Waals surface area contributed by atoms with Gasteiger partial charge in [0, 0.05) is 5.92 Å². The molecule has 20 heavy (non-hydrogen) atoms. The van der Waals surface area contributed by atoms with Crippen LogP contribution in [0.3, 0.4) is 0 Å². The van der Waals surface area contributed by atoms with Crippen LogP contribution in [-0.2, 0) is 0 Å². The summed E-state index contributed by atoms with van der Waals surface area (Å²) in [6.07, 6.45) is 4.68. The van der Waals surface area contributed by atoms with Gasteiger partial charge in [-0.15, -0.1) is 0 Å². The lowest BCUT2D eigenvalue weighted by Gasteiger charge is -2.34. The Bertz CT molecular complexity index is 572. The molecule has 1 aromatic rings. The number of aliphatic hydroxyl groups excluding tert-OH is 1. The third-order valence-electron chi connectivity index (χ3n) is 5.98. The van der Waals surface area contributed by atoms with Crippen LogP contribution < -0.4 is 0 Å². The highest BCUT2D eigenvalue weighted by molar-refractivity contribution is 5.24. The first-order valence-corrected chi connectivity index (χ1v) is 7.83. The average molecular weight is 271 g/mol. The molecule has 1 heterocycles. The maximum atomic E-state index is 10.8. The predicted molar refractivity (Wildman–Crippen MR) is 73.7 cm³/mol. The second-order valence-corrected chi connectivity index (χ2v) is 7.19. The van der Waals surface area contributed by atoms with E-state index in [1.165, 1.54) is 12.8 Å². The van der Waals surface area contributed by atoms with Crippen LogP contribution in [0.15, 0.2) is 16.5 Å². The smallest absolute Gasteiger partial charge is 0.134 e. The SMILES string of the molecule is CC1CC1c1ccc(C(O)C2(C#N)CC3CCC2C3)o1. The first-order valence-electron chi connectivity index (χ1n) is 7.83. The second kappa shape index (κ2) is 4.11. The Hall–Kier alpha value is -1.27. The fraction of sp³-hybridized carbons (Fsp3) is 0.706. The maximum absolute atomic E-state index is 10.8. The molecule has 0 aliphatic heterocycles. The highest BCUT2D eigenvalue weighted by atomic mass is 16.4. The molecule has 3 aliphatic carbocycles. The molecule has 0 radical (unpaired) electrons.